The number of furan rings is 1. The van der Waals surface area contributed by atoms with E-state index in [0.29, 0.717) is 0 Å². The number of hydrogen-bond donors (Lipinski definition) is 0. The molecule has 0 atom stereocenters. The van der Waals surface area contributed by atoms with Crippen LogP contribution in [0.5, 0.6) is 0 Å². The zero-order valence-corrected chi connectivity index (χ0v) is 39.1. The molecule has 0 amide bonds. The zero-order chi connectivity index (χ0) is 46.2. The number of anilines is 3. The second kappa shape index (κ2) is 16.1. The van der Waals surface area contributed by atoms with Crippen molar-refractivity contribution in [3.63, 3.8) is 0 Å². The molecule has 344 valence electrons. The summed E-state index contributed by atoms with van der Waals surface area (Å²) in [7, 11) is 0. The first-order valence-electron chi connectivity index (χ1n) is 24.2. The Morgan fingerprint density at radius 2 is 0.958 bits per heavy atom. The highest BCUT2D eigenvalue weighted by Gasteiger charge is 2.38. The molecule has 71 heavy (non-hydrogen) atoms. The summed E-state index contributed by atoms with van der Waals surface area (Å²) in [5, 5.41) is 4.64. The van der Waals surface area contributed by atoms with E-state index in [1.807, 2.05) is 0 Å². The van der Waals surface area contributed by atoms with Gasteiger partial charge in [0.15, 0.2) is 0 Å². The summed E-state index contributed by atoms with van der Waals surface area (Å²) >= 11 is 0. The Bertz CT molecular complexity index is 4070. The summed E-state index contributed by atoms with van der Waals surface area (Å²) in [6.45, 7) is 9.46. The van der Waals surface area contributed by atoms with Crippen LogP contribution in [0.4, 0.5) is 17.1 Å². The molecule has 2 aromatic heterocycles. The minimum absolute atomic E-state index is 0. The molecular formula is C68H56N2O. The van der Waals surface area contributed by atoms with E-state index in [4.69, 9.17) is 4.42 Å². The molecule has 2 aliphatic carbocycles. The van der Waals surface area contributed by atoms with Gasteiger partial charge in [0, 0.05) is 44.1 Å². The van der Waals surface area contributed by atoms with Crippen LogP contribution in [-0.2, 0) is 10.8 Å². The summed E-state index contributed by atoms with van der Waals surface area (Å²) in [5.41, 5.74) is 23.8. The Hall–Kier alpha value is -8.40. The average Bonchev–Trinajstić information content (AvgIpc) is 4.07. The fourth-order valence-corrected chi connectivity index (χ4v) is 12.3. The van der Waals surface area contributed by atoms with E-state index in [0.717, 1.165) is 50.3 Å². The van der Waals surface area contributed by atoms with Gasteiger partial charge in [0.2, 0.25) is 0 Å². The molecule has 0 saturated heterocycles. The zero-order valence-electron chi connectivity index (χ0n) is 39.1. The van der Waals surface area contributed by atoms with Gasteiger partial charge in [-0.1, -0.05) is 182 Å². The van der Waals surface area contributed by atoms with Crippen molar-refractivity contribution in [2.24, 2.45) is 0 Å². The monoisotopic (exact) mass is 916 g/mol. The normalized spacial score (nSPS) is 13.6. The molecule has 0 fully saturated rings. The lowest BCUT2D eigenvalue weighted by molar-refractivity contribution is 0.660. The first-order chi connectivity index (χ1) is 33.7. The third-order valence-corrected chi connectivity index (χ3v) is 15.6. The number of fused-ring (bicyclic) bond motifs is 12. The van der Waals surface area contributed by atoms with Crippen molar-refractivity contribution in [3.8, 4) is 50.2 Å². The quantitative estimate of drug-likeness (QED) is 0.166. The van der Waals surface area contributed by atoms with E-state index in [9.17, 15) is 0 Å². The van der Waals surface area contributed by atoms with Gasteiger partial charge in [0.25, 0.3) is 0 Å². The summed E-state index contributed by atoms with van der Waals surface area (Å²) in [6, 6.07) is 80.5. The van der Waals surface area contributed by atoms with Gasteiger partial charge in [-0.3, -0.25) is 0 Å². The van der Waals surface area contributed by atoms with Gasteiger partial charge in [0.1, 0.15) is 11.2 Å². The fraction of sp³-hybridized carbons (Fsp3) is 0.118. The van der Waals surface area contributed by atoms with Gasteiger partial charge in [-0.15, -0.1) is 0 Å². The van der Waals surface area contributed by atoms with Crippen LogP contribution in [0.15, 0.2) is 223 Å². The Balaban J connectivity index is 0.00000259. The summed E-state index contributed by atoms with van der Waals surface area (Å²) in [6.07, 6.45) is 0. The van der Waals surface area contributed by atoms with Gasteiger partial charge >= 0.3 is 0 Å². The van der Waals surface area contributed by atoms with Crippen LogP contribution in [0.25, 0.3) is 93.9 Å². The molecule has 0 unspecified atom stereocenters. The SMILES string of the molecule is C.C.CC1(C)c2ccccc2-c2ccc(N(c3ccc(-c4cccc5c4C(C)(C)c4ccccc4-5)cc3)c3cccc4oc5ccc(-c6ccc7c(c6)c6ccccc6n7-c6ccccc6)cc5c34)cc21. The molecule has 0 N–H and O–H groups in total. The molecule has 0 spiro atoms. The van der Waals surface area contributed by atoms with Crippen LogP contribution in [0, 0.1) is 0 Å². The largest absolute Gasteiger partial charge is 0.456 e. The summed E-state index contributed by atoms with van der Waals surface area (Å²) in [5.74, 6) is 0. The fourth-order valence-electron chi connectivity index (χ4n) is 12.3. The first-order valence-corrected chi connectivity index (χ1v) is 24.2. The topological polar surface area (TPSA) is 21.3 Å². The molecule has 0 aliphatic heterocycles. The van der Waals surface area contributed by atoms with E-state index >= 15 is 0 Å². The maximum Gasteiger partial charge on any atom is 0.137 e. The molecule has 3 nitrogen and oxygen atoms in total. The van der Waals surface area contributed by atoms with E-state index in [1.165, 1.54) is 83.0 Å². The predicted octanol–water partition coefficient (Wildman–Crippen LogP) is 19.4. The third-order valence-electron chi connectivity index (χ3n) is 15.6. The average molecular weight is 917 g/mol. The van der Waals surface area contributed by atoms with E-state index in [2.05, 4.69) is 256 Å². The van der Waals surface area contributed by atoms with Crippen molar-refractivity contribution >= 4 is 60.8 Å². The van der Waals surface area contributed by atoms with Gasteiger partial charge < -0.3 is 13.9 Å². The van der Waals surface area contributed by atoms with E-state index in [-0.39, 0.29) is 25.7 Å². The molecule has 3 heteroatoms. The predicted molar refractivity (Wildman–Crippen MR) is 302 cm³/mol. The number of rotatable bonds is 6. The molecule has 14 rings (SSSR count). The molecule has 0 bridgehead atoms. The highest BCUT2D eigenvalue weighted by Crippen LogP contribution is 2.54. The lowest BCUT2D eigenvalue weighted by atomic mass is 9.79. The number of aromatic nitrogens is 1. The van der Waals surface area contributed by atoms with Crippen molar-refractivity contribution in [2.75, 3.05) is 4.90 Å². The molecule has 12 aromatic rings. The summed E-state index contributed by atoms with van der Waals surface area (Å²) in [4.78, 5) is 2.45. The smallest absolute Gasteiger partial charge is 0.137 e. The molecule has 2 heterocycles. The molecule has 0 radical (unpaired) electrons. The number of para-hydroxylation sites is 2. The number of benzene rings is 10. The van der Waals surface area contributed by atoms with Crippen molar-refractivity contribution in [1.82, 2.24) is 4.57 Å². The molecular weight excluding hydrogens is 861 g/mol. The van der Waals surface area contributed by atoms with Crippen LogP contribution in [0.1, 0.15) is 64.8 Å². The minimum atomic E-state index is -0.159. The summed E-state index contributed by atoms with van der Waals surface area (Å²) < 4.78 is 9.15. The van der Waals surface area contributed by atoms with Crippen molar-refractivity contribution in [3.05, 3.63) is 241 Å². The maximum absolute atomic E-state index is 6.77. The van der Waals surface area contributed by atoms with Gasteiger partial charge in [-0.2, -0.15) is 0 Å². The maximum atomic E-state index is 6.77. The molecule has 2 aliphatic rings. The van der Waals surface area contributed by atoms with Crippen LogP contribution in [-0.4, -0.2) is 4.57 Å². The number of nitrogens with zero attached hydrogens (tertiary/aromatic N) is 2. The molecule has 10 aromatic carbocycles. The van der Waals surface area contributed by atoms with E-state index in [1.54, 1.807) is 0 Å². The van der Waals surface area contributed by atoms with Crippen LogP contribution >= 0.6 is 0 Å². The number of hydrogen-bond acceptors (Lipinski definition) is 2. The van der Waals surface area contributed by atoms with Gasteiger partial charge in [-0.25, -0.2) is 0 Å². The Kier molecular flexibility index (Phi) is 9.93. The third kappa shape index (κ3) is 6.35. The van der Waals surface area contributed by atoms with Crippen LogP contribution in [0.3, 0.4) is 0 Å². The second-order valence-corrected chi connectivity index (χ2v) is 20.1. The standard InChI is InChI=1S/C66H48N2O.2CH4/c1-65(2)55-23-11-8-18-48(55)50-35-34-46(40-57(50)65)67(45-32-28-41(29-33-45)47-21-14-22-52-49-19-9-12-24-56(49)66(3,4)64(47)52)60-26-15-27-62-63(60)54-39-43(31-37-61(54)69-62)42-30-36-59-53(38-42)51-20-10-13-25-58(51)68(59)44-16-6-5-7-17-44;;/h5-40H,1-4H3;2*1H4. The lowest BCUT2D eigenvalue weighted by Crippen LogP contribution is -2.17. The van der Waals surface area contributed by atoms with Crippen molar-refractivity contribution < 1.29 is 4.42 Å². The minimum Gasteiger partial charge on any atom is -0.456 e. The lowest BCUT2D eigenvalue weighted by Gasteiger charge is -2.29. The van der Waals surface area contributed by atoms with Gasteiger partial charge in [0.05, 0.1) is 22.1 Å². The Labute approximate surface area is 416 Å². The van der Waals surface area contributed by atoms with Crippen molar-refractivity contribution in [2.45, 2.75) is 53.4 Å². The van der Waals surface area contributed by atoms with E-state index < -0.39 is 0 Å². The van der Waals surface area contributed by atoms with Crippen LogP contribution in [0.2, 0.25) is 0 Å². The Morgan fingerprint density at radius 3 is 1.75 bits per heavy atom. The highest BCUT2D eigenvalue weighted by molar-refractivity contribution is 6.15. The van der Waals surface area contributed by atoms with Gasteiger partial charge in [-0.05, 0) is 146 Å². The van der Waals surface area contributed by atoms with Crippen LogP contribution < -0.4 is 4.90 Å². The van der Waals surface area contributed by atoms with Crippen molar-refractivity contribution in [1.29, 1.82) is 0 Å². The Morgan fingerprint density at radius 1 is 0.380 bits per heavy atom. The highest BCUT2D eigenvalue weighted by atomic mass is 16.3. The molecule has 0 saturated carbocycles. The second-order valence-electron chi connectivity index (χ2n) is 20.1. The first kappa shape index (κ1) is 43.9.